The number of benzene rings is 2. The second-order valence-corrected chi connectivity index (χ2v) is 7.86. The maximum atomic E-state index is 12.1. The number of ether oxygens (including phenoxy) is 1. The van der Waals surface area contributed by atoms with Crippen molar-refractivity contribution in [1.29, 1.82) is 0 Å². The maximum Gasteiger partial charge on any atom is 0.326 e. The Morgan fingerprint density at radius 3 is 2.31 bits per heavy atom. The Hall–Kier alpha value is -2.82. The molecule has 0 spiro atoms. The van der Waals surface area contributed by atoms with Crippen LogP contribution in [0.2, 0.25) is 0 Å². The van der Waals surface area contributed by atoms with Gasteiger partial charge in [-0.1, -0.05) is 63.2 Å². The van der Waals surface area contributed by atoms with Crippen LogP contribution in [-0.2, 0) is 21.4 Å². The summed E-state index contributed by atoms with van der Waals surface area (Å²) in [6.07, 6.45) is 2.06. The van der Waals surface area contributed by atoms with Gasteiger partial charge in [0.25, 0.3) is 0 Å². The summed E-state index contributed by atoms with van der Waals surface area (Å²) >= 11 is 0. The van der Waals surface area contributed by atoms with Crippen LogP contribution in [0.4, 0.5) is 0 Å². The Morgan fingerprint density at radius 2 is 1.72 bits per heavy atom. The van der Waals surface area contributed by atoms with E-state index in [1.165, 1.54) is 5.56 Å². The predicted octanol–water partition coefficient (Wildman–Crippen LogP) is 4.35. The Bertz CT molecular complexity index is 784. The van der Waals surface area contributed by atoms with E-state index >= 15 is 0 Å². The summed E-state index contributed by atoms with van der Waals surface area (Å²) in [6.45, 7) is 7.00. The van der Waals surface area contributed by atoms with Gasteiger partial charge in [-0.25, -0.2) is 4.79 Å². The molecule has 1 amide bonds. The zero-order chi connectivity index (χ0) is 21.3. The minimum absolute atomic E-state index is 0.136. The van der Waals surface area contributed by atoms with E-state index in [2.05, 4.69) is 38.2 Å². The minimum Gasteiger partial charge on any atom is -0.494 e. The smallest absolute Gasteiger partial charge is 0.326 e. The lowest BCUT2D eigenvalue weighted by Crippen LogP contribution is -2.42. The summed E-state index contributed by atoms with van der Waals surface area (Å²) in [4.78, 5) is 23.6. The standard InChI is InChI=1S/C24H31NO4/c1-4-24(2,3)19-12-14-20(15-13-19)29-16-8-11-22(26)25-21(23(27)28)17-18-9-6-5-7-10-18/h5-7,9-10,12-15,21H,4,8,11,16-17H2,1-3H3,(H,25,26)(H,27,28). The lowest BCUT2D eigenvalue weighted by Gasteiger charge is -2.23. The van der Waals surface area contributed by atoms with Gasteiger partial charge in [-0.3, -0.25) is 4.79 Å². The number of carbonyl (C=O) groups excluding carboxylic acids is 1. The van der Waals surface area contributed by atoms with Crippen LogP contribution >= 0.6 is 0 Å². The highest BCUT2D eigenvalue weighted by Crippen LogP contribution is 2.28. The number of nitrogens with one attached hydrogen (secondary N) is 1. The summed E-state index contributed by atoms with van der Waals surface area (Å²) < 4.78 is 5.71. The van der Waals surface area contributed by atoms with E-state index in [0.717, 1.165) is 17.7 Å². The van der Waals surface area contributed by atoms with Gasteiger partial charge in [0.2, 0.25) is 5.91 Å². The summed E-state index contributed by atoms with van der Waals surface area (Å²) in [5, 5.41) is 12.0. The fourth-order valence-corrected chi connectivity index (χ4v) is 2.95. The SMILES string of the molecule is CCC(C)(C)c1ccc(OCCCC(=O)NC(Cc2ccccc2)C(=O)O)cc1. The lowest BCUT2D eigenvalue weighted by atomic mass is 9.82. The van der Waals surface area contributed by atoms with Crippen LogP contribution in [0.1, 0.15) is 51.2 Å². The van der Waals surface area contributed by atoms with Gasteiger partial charge in [0.1, 0.15) is 11.8 Å². The van der Waals surface area contributed by atoms with E-state index in [1.807, 2.05) is 42.5 Å². The van der Waals surface area contributed by atoms with Crippen LogP contribution in [0.5, 0.6) is 5.75 Å². The molecule has 0 aliphatic rings. The zero-order valence-corrected chi connectivity index (χ0v) is 17.5. The fourth-order valence-electron chi connectivity index (χ4n) is 2.95. The first-order valence-corrected chi connectivity index (χ1v) is 10.1. The molecule has 0 saturated heterocycles. The van der Waals surface area contributed by atoms with Crippen LogP contribution < -0.4 is 10.1 Å². The lowest BCUT2D eigenvalue weighted by molar-refractivity contribution is -0.141. The van der Waals surface area contributed by atoms with E-state index in [4.69, 9.17) is 4.74 Å². The molecule has 5 nitrogen and oxygen atoms in total. The summed E-state index contributed by atoms with van der Waals surface area (Å²) in [5.74, 6) is -0.543. The number of carboxylic acids is 1. The van der Waals surface area contributed by atoms with Crippen molar-refractivity contribution in [3.05, 3.63) is 65.7 Å². The average molecular weight is 398 g/mol. The second kappa shape index (κ2) is 10.6. The first kappa shape index (κ1) is 22.5. The van der Waals surface area contributed by atoms with Crippen molar-refractivity contribution >= 4 is 11.9 Å². The molecule has 2 rings (SSSR count). The first-order valence-electron chi connectivity index (χ1n) is 10.1. The molecule has 0 aromatic heterocycles. The number of amides is 1. The van der Waals surface area contributed by atoms with E-state index in [1.54, 1.807) is 0 Å². The zero-order valence-electron chi connectivity index (χ0n) is 17.5. The van der Waals surface area contributed by atoms with E-state index in [-0.39, 0.29) is 24.2 Å². The van der Waals surface area contributed by atoms with Gasteiger partial charge < -0.3 is 15.2 Å². The molecule has 0 bridgehead atoms. The fraction of sp³-hybridized carbons (Fsp3) is 0.417. The molecule has 0 fully saturated rings. The molecule has 2 aromatic carbocycles. The van der Waals surface area contributed by atoms with Crippen LogP contribution in [0, 0.1) is 0 Å². The number of carbonyl (C=O) groups is 2. The number of carboxylic acid groups (broad SMARTS) is 1. The molecule has 0 aliphatic heterocycles. The molecule has 1 atom stereocenters. The van der Waals surface area contributed by atoms with Gasteiger partial charge in [0.05, 0.1) is 6.61 Å². The molecular formula is C24H31NO4. The van der Waals surface area contributed by atoms with Crippen molar-refractivity contribution < 1.29 is 19.4 Å². The molecular weight excluding hydrogens is 366 g/mol. The van der Waals surface area contributed by atoms with Gasteiger partial charge >= 0.3 is 5.97 Å². The van der Waals surface area contributed by atoms with Gasteiger partial charge in [0.15, 0.2) is 0 Å². The quantitative estimate of drug-likeness (QED) is 0.553. The van der Waals surface area contributed by atoms with Crippen molar-refractivity contribution in [2.75, 3.05) is 6.61 Å². The molecule has 0 aliphatic carbocycles. The van der Waals surface area contributed by atoms with Crippen molar-refractivity contribution in [2.45, 2.75) is 57.9 Å². The molecule has 0 radical (unpaired) electrons. The number of rotatable bonds is 11. The monoisotopic (exact) mass is 397 g/mol. The highest BCUT2D eigenvalue weighted by molar-refractivity contribution is 5.83. The topological polar surface area (TPSA) is 75.6 Å². The molecule has 156 valence electrons. The van der Waals surface area contributed by atoms with Crippen molar-refractivity contribution in [3.8, 4) is 5.75 Å². The van der Waals surface area contributed by atoms with Gasteiger partial charge in [-0.05, 0) is 41.5 Å². The largest absolute Gasteiger partial charge is 0.494 e. The maximum absolute atomic E-state index is 12.1. The molecule has 2 aromatic rings. The van der Waals surface area contributed by atoms with E-state index in [9.17, 15) is 14.7 Å². The Balaban J connectivity index is 1.75. The van der Waals surface area contributed by atoms with Crippen molar-refractivity contribution in [1.82, 2.24) is 5.32 Å². The predicted molar refractivity (Wildman–Crippen MR) is 114 cm³/mol. The van der Waals surface area contributed by atoms with Gasteiger partial charge in [-0.15, -0.1) is 0 Å². The number of hydrogen-bond acceptors (Lipinski definition) is 3. The molecule has 0 saturated carbocycles. The summed E-state index contributed by atoms with van der Waals surface area (Å²) in [6, 6.07) is 16.4. The normalized spacial score (nSPS) is 12.2. The molecule has 5 heteroatoms. The van der Waals surface area contributed by atoms with Crippen molar-refractivity contribution in [2.24, 2.45) is 0 Å². The molecule has 29 heavy (non-hydrogen) atoms. The Labute approximate surface area is 173 Å². The molecule has 0 heterocycles. The second-order valence-electron chi connectivity index (χ2n) is 7.86. The number of hydrogen-bond donors (Lipinski definition) is 2. The average Bonchev–Trinajstić information content (AvgIpc) is 2.72. The number of aliphatic carboxylic acids is 1. The molecule has 2 N–H and O–H groups in total. The third kappa shape index (κ3) is 7.26. The Morgan fingerprint density at radius 1 is 1.07 bits per heavy atom. The van der Waals surface area contributed by atoms with E-state index < -0.39 is 12.0 Å². The Kier molecular flexibility index (Phi) is 8.25. The van der Waals surface area contributed by atoms with Crippen LogP contribution in [0.15, 0.2) is 54.6 Å². The summed E-state index contributed by atoms with van der Waals surface area (Å²) in [7, 11) is 0. The van der Waals surface area contributed by atoms with Crippen LogP contribution in [0.25, 0.3) is 0 Å². The van der Waals surface area contributed by atoms with Crippen molar-refractivity contribution in [3.63, 3.8) is 0 Å². The first-order chi connectivity index (χ1) is 13.8. The van der Waals surface area contributed by atoms with Crippen LogP contribution in [0.3, 0.4) is 0 Å². The third-order valence-corrected chi connectivity index (χ3v) is 5.25. The van der Waals surface area contributed by atoms with Gasteiger partial charge in [0, 0.05) is 12.8 Å². The summed E-state index contributed by atoms with van der Waals surface area (Å²) in [5.41, 5.74) is 2.28. The van der Waals surface area contributed by atoms with Crippen LogP contribution in [-0.4, -0.2) is 29.6 Å². The highest BCUT2D eigenvalue weighted by atomic mass is 16.5. The highest BCUT2D eigenvalue weighted by Gasteiger charge is 2.20. The molecule has 1 unspecified atom stereocenters. The van der Waals surface area contributed by atoms with Gasteiger partial charge in [-0.2, -0.15) is 0 Å². The van der Waals surface area contributed by atoms with E-state index in [0.29, 0.717) is 13.0 Å². The minimum atomic E-state index is -1.03. The third-order valence-electron chi connectivity index (χ3n) is 5.25.